The molecule has 2 aromatic heterocycles. The summed E-state index contributed by atoms with van der Waals surface area (Å²) in [4.78, 5) is 7.61. The van der Waals surface area contributed by atoms with Crippen molar-refractivity contribution in [2.24, 2.45) is 0 Å². The van der Waals surface area contributed by atoms with Crippen molar-refractivity contribution in [2.45, 2.75) is 0 Å². The zero-order valence-corrected chi connectivity index (χ0v) is 18.0. The van der Waals surface area contributed by atoms with Gasteiger partial charge >= 0.3 is 0 Å². The molecule has 0 saturated carbocycles. The van der Waals surface area contributed by atoms with Crippen LogP contribution in [0.25, 0.3) is 20.7 Å². The summed E-state index contributed by atoms with van der Waals surface area (Å²) in [7, 11) is 4.03. The number of hydrogen-bond donors (Lipinski definition) is 1. The van der Waals surface area contributed by atoms with Crippen LogP contribution in [0.5, 0.6) is 0 Å². The van der Waals surface area contributed by atoms with Gasteiger partial charge in [-0.2, -0.15) is 5.26 Å². The van der Waals surface area contributed by atoms with Crippen LogP contribution in [0, 0.1) is 11.3 Å². The van der Waals surface area contributed by atoms with Crippen molar-refractivity contribution in [3.63, 3.8) is 0 Å². The van der Waals surface area contributed by atoms with Crippen molar-refractivity contribution >= 4 is 61.8 Å². The molecule has 144 valence electrons. The van der Waals surface area contributed by atoms with Gasteiger partial charge in [0.05, 0.1) is 32.2 Å². The Morgan fingerprint density at radius 3 is 2.48 bits per heavy atom. The third kappa shape index (κ3) is 3.88. The molecule has 4 aromatic rings. The lowest BCUT2D eigenvalue weighted by molar-refractivity contribution is 1.13. The number of anilines is 3. The van der Waals surface area contributed by atoms with Crippen LogP contribution in [0.2, 0.25) is 10.0 Å². The lowest BCUT2D eigenvalue weighted by atomic mass is 10.1. The van der Waals surface area contributed by atoms with Gasteiger partial charge in [-0.25, -0.2) is 0 Å². The van der Waals surface area contributed by atoms with Gasteiger partial charge in [-0.3, -0.25) is 4.98 Å². The Bertz CT molecular complexity index is 1240. The van der Waals surface area contributed by atoms with E-state index in [9.17, 15) is 5.26 Å². The van der Waals surface area contributed by atoms with Crippen LogP contribution in [-0.4, -0.2) is 19.1 Å². The monoisotopic (exact) mass is 438 g/mol. The Morgan fingerprint density at radius 1 is 1.07 bits per heavy atom. The van der Waals surface area contributed by atoms with Gasteiger partial charge in [0, 0.05) is 35.9 Å². The highest BCUT2D eigenvalue weighted by molar-refractivity contribution is 7.22. The van der Waals surface area contributed by atoms with Gasteiger partial charge in [0.25, 0.3) is 0 Å². The largest absolute Gasteiger partial charge is 0.378 e. The second-order valence-corrected chi connectivity index (χ2v) is 8.57. The van der Waals surface area contributed by atoms with E-state index in [1.54, 1.807) is 35.7 Å². The topological polar surface area (TPSA) is 52.0 Å². The lowest BCUT2D eigenvalue weighted by Crippen LogP contribution is -2.07. The second-order valence-electron chi connectivity index (χ2n) is 6.67. The van der Waals surface area contributed by atoms with Crippen LogP contribution in [0.3, 0.4) is 0 Å². The Balaban J connectivity index is 1.80. The van der Waals surface area contributed by atoms with E-state index in [2.05, 4.69) is 45.5 Å². The fourth-order valence-corrected chi connectivity index (χ4v) is 4.56. The van der Waals surface area contributed by atoms with Crippen molar-refractivity contribution in [2.75, 3.05) is 24.3 Å². The summed E-state index contributed by atoms with van der Waals surface area (Å²) >= 11 is 13.9. The fourth-order valence-electron chi connectivity index (χ4n) is 2.98. The van der Waals surface area contributed by atoms with Gasteiger partial charge < -0.3 is 10.2 Å². The van der Waals surface area contributed by atoms with Crippen LogP contribution >= 0.6 is 34.5 Å². The summed E-state index contributed by atoms with van der Waals surface area (Å²) in [5.41, 5.74) is 4.91. The first-order chi connectivity index (χ1) is 14.0. The van der Waals surface area contributed by atoms with E-state index in [0.717, 1.165) is 26.3 Å². The zero-order chi connectivity index (χ0) is 20.5. The Kier molecular flexibility index (Phi) is 5.33. The second kappa shape index (κ2) is 7.92. The van der Waals surface area contributed by atoms with Crippen LogP contribution in [0.4, 0.5) is 17.1 Å². The molecule has 0 aliphatic heterocycles. The summed E-state index contributed by atoms with van der Waals surface area (Å²) in [5, 5.41) is 13.9. The van der Waals surface area contributed by atoms with E-state index in [1.165, 1.54) is 0 Å². The van der Waals surface area contributed by atoms with E-state index >= 15 is 0 Å². The van der Waals surface area contributed by atoms with E-state index in [1.807, 2.05) is 20.2 Å². The number of nitrogens with zero attached hydrogens (tertiary/aromatic N) is 3. The van der Waals surface area contributed by atoms with E-state index < -0.39 is 0 Å². The number of pyridine rings is 1. The third-order valence-corrected chi connectivity index (χ3v) is 6.26. The number of rotatable bonds is 4. The average Bonchev–Trinajstić information content (AvgIpc) is 3.15. The van der Waals surface area contributed by atoms with Crippen molar-refractivity contribution in [1.82, 2.24) is 4.98 Å². The molecule has 0 radical (unpaired) electrons. The SMILES string of the molecule is CN(C)c1ccc(-c2cc3ncc(C#N)c(Nc4ccc(Cl)cc4Cl)c3s2)cc1. The molecule has 0 amide bonds. The highest BCUT2D eigenvalue weighted by Crippen LogP contribution is 2.40. The normalized spacial score (nSPS) is 10.7. The predicted octanol–water partition coefficient (Wildman–Crippen LogP) is 6.95. The zero-order valence-electron chi connectivity index (χ0n) is 15.7. The molecule has 0 atom stereocenters. The molecule has 0 saturated heterocycles. The molecule has 0 aliphatic rings. The molecular weight excluding hydrogens is 423 g/mol. The first-order valence-corrected chi connectivity index (χ1v) is 10.4. The molecule has 0 bridgehead atoms. The van der Waals surface area contributed by atoms with E-state index in [0.29, 0.717) is 27.0 Å². The van der Waals surface area contributed by atoms with Crippen LogP contribution < -0.4 is 10.2 Å². The molecule has 0 aliphatic carbocycles. The van der Waals surface area contributed by atoms with Gasteiger partial charge in [0.1, 0.15) is 6.07 Å². The number of nitrogens with one attached hydrogen (secondary N) is 1. The molecular formula is C22H16Cl2N4S. The summed E-state index contributed by atoms with van der Waals surface area (Å²) < 4.78 is 0.904. The van der Waals surface area contributed by atoms with E-state index in [4.69, 9.17) is 23.2 Å². The minimum Gasteiger partial charge on any atom is -0.378 e. The van der Waals surface area contributed by atoms with Gasteiger partial charge in [-0.1, -0.05) is 35.3 Å². The summed E-state index contributed by atoms with van der Waals surface area (Å²) in [5.74, 6) is 0. The first kappa shape index (κ1) is 19.5. The molecule has 29 heavy (non-hydrogen) atoms. The number of benzene rings is 2. The number of thiophene rings is 1. The minimum atomic E-state index is 0.458. The van der Waals surface area contributed by atoms with E-state index in [-0.39, 0.29) is 0 Å². The van der Waals surface area contributed by atoms with Crippen LogP contribution in [0.1, 0.15) is 5.56 Å². The summed E-state index contributed by atoms with van der Waals surface area (Å²) in [6, 6.07) is 17.8. The predicted molar refractivity (Wildman–Crippen MR) is 124 cm³/mol. The van der Waals surface area contributed by atoms with Crippen LogP contribution in [0.15, 0.2) is 54.7 Å². The molecule has 4 rings (SSSR count). The maximum Gasteiger partial charge on any atom is 0.103 e. The number of fused-ring (bicyclic) bond motifs is 1. The number of halogens is 2. The lowest BCUT2D eigenvalue weighted by Gasteiger charge is -2.12. The third-order valence-electron chi connectivity index (χ3n) is 4.52. The quantitative estimate of drug-likeness (QED) is 0.374. The van der Waals surface area contributed by atoms with Gasteiger partial charge in [0.15, 0.2) is 0 Å². The maximum absolute atomic E-state index is 9.59. The van der Waals surface area contributed by atoms with Gasteiger partial charge in [0.2, 0.25) is 0 Å². The maximum atomic E-state index is 9.59. The molecule has 1 N–H and O–H groups in total. The Morgan fingerprint density at radius 2 is 1.83 bits per heavy atom. The van der Waals surface area contributed by atoms with Crippen molar-refractivity contribution in [3.05, 3.63) is 70.3 Å². The number of aromatic nitrogens is 1. The van der Waals surface area contributed by atoms with Crippen LogP contribution in [-0.2, 0) is 0 Å². The highest BCUT2D eigenvalue weighted by Gasteiger charge is 2.15. The molecule has 0 fully saturated rings. The highest BCUT2D eigenvalue weighted by atomic mass is 35.5. The van der Waals surface area contributed by atoms with Gasteiger partial charge in [-0.15, -0.1) is 11.3 Å². The first-order valence-electron chi connectivity index (χ1n) is 8.79. The van der Waals surface area contributed by atoms with Crippen molar-refractivity contribution in [1.29, 1.82) is 5.26 Å². The fraction of sp³-hybridized carbons (Fsp3) is 0.0909. The van der Waals surface area contributed by atoms with Gasteiger partial charge in [-0.05, 0) is 42.0 Å². The molecule has 4 nitrogen and oxygen atoms in total. The number of hydrogen-bond acceptors (Lipinski definition) is 5. The molecule has 0 unspecified atom stereocenters. The minimum absolute atomic E-state index is 0.458. The standard InChI is InChI=1S/C22H16Cl2N4S/c1-28(2)16-6-3-13(4-7-16)20-10-19-22(29-20)21(14(11-25)12-26-19)27-18-8-5-15(23)9-17(18)24/h3-10,12H,1-2H3,(H,26,27). The average molecular weight is 439 g/mol. The summed E-state index contributed by atoms with van der Waals surface area (Å²) in [6.07, 6.45) is 1.58. The summed E-state index contributed by atoms with van der Waals surface area (Å²) in [6.45, 7) is 0. The smallest absolute Gasteiger partial charge is 0.103 e. The number of nitriles is 1. The van der Waals surface area contributed by atoms with Crippen molar-refractivity contribution < 1.29 is 0 Å². The Labute approximate surface area is 182 Å². The van der Waals surface area contributed by atoms with Crippen molar-refractivity contribution in [3.8, 4) is 16.5 Å². The molecule has 2 heterocycles. The molecule has 0 spiro atoms. The Hall–Kier alpha value is -2.78. The molecule has 2 aromatic carbocycles. The molecule has 7 heteroatoms.